The summed E-state index contributed by atoms with van der Waals surface area (Å²) >= 11 is 1.11. The maximum Gasteiger partial charge on any atom is 0.348 e. The third-order valence-corrected chi connectivity index (χ3v) is 4.58. The molecular formula is C20H16NO4S-. The van der Waals surface area contributed by atoms with Crippen molar-refractivity contribution in [1.82, 2.24) is 4.98 Å². The second kappa shape index (κ2) is 7.84. The molecule has 6 heteroatoms. The molecule has 0 saturated carbocycles. The fourth-order valence-corrected chi connectivity index (χ4v) is 3.24. The summed E-state index contributed by atoms with van der Waals surface area (Å²) < 4.78 is 5.30. The van der Waals surface area contributed by atoms with Crippen LogP contribution in [0.4, 0.5) is 0 Å². The van der Waals surface area contributed by atoms with Crippen LogP contribution in [0.1, 0.15) is 27.2 Å². The van der Waals surface area contributed by atoms with Crippen molar-refractivity contribution in [3.05, 3.63) is 64.0 Å². The number of thiazole rings is 1. The Hall–Kier alpha value is -3.12. The van der Waals surface area contributed by atoms with E-state index >= 15 is 0 Å². The first-order valence-electron chi connectivity index (χ1n) is 8.00. The Bertz CT molecular complexity index is 948. The summed E-state index contributed by atoms with van der Waals surface area (Å²) in [4.78, 5) is 16.2. The van der Waals surface area contributed by atoms with Gasteiger partial charge in [-0.25, -0.2) is 9.78 Å². The van der Waals surface area contributed by atoms with Crippen LogP contribution in [0, 0.1) is 0 Å². The topological polar surface area (TPSA) is 82.5 Å². The van der Waals surface area contributed by atoms with E-state index in [2.05, 4.69) is 4.98 Å². The van der Waals surface area contributed by atoms with Crippen molar-refractivity contribution < 1.29 is 19.7 Å². The van der Waals surface area contributed by atoms with Crippen LogP contribution in [0.25, 0.3) is 23.4 Å². The molecule has 0 aliphatic heterocycles. The summed E-state index contributed by atoms with van der Waals surface area (Å²) in [5, 5.41) is 21.7. The number of rotatable bonds is 6. The predicted octanol–water partition coefficient (Wildman–Crippen LogP) is 4.15. The SMILES string of the molecule is CCOc1cc(/C=C/c2nc(-c3ccccc3)c(C(=O)O)s2)ccc1[O-]. The van der Waals surface area contributed by atoms with E-state index in [0.717, 1.165) is 22.5 Å². The zero-order valence-corrected chi connectivity index (χ0v) is 14.8. The zero-order valence-electron chi connectivity index (χ0n) is 14.0. The van der Waals surface area contributed by atoms with Gasteiger partial charge >= 0.3 is 5.97 Å². The highest BCUT2D eigenvalue weighted by atomic mass is 32.1. The summed E-state index contributed by atoms with van der Waals surface area (Å²) in [6.07, 6.45) is 3.51. The van der Waals surface area contributed by atoms with E-state index in [4.69, 9.17) is 4.74 Å². The number of carboxylic acid groups (broad SMARTS) is 1. The molecule has 3 aromatic rings. The summed E-state index contributed by atoms with van der Waals surface area (Å²) in [7, 11) is 0. The average Bonchev–Trinajstić information content (AvgIpc) is 3.08. The lowest BCUT2D eigenvalue weighted by Crippen LogP contribution is -1.98. The molecular weight excluding hydrogens is 350 g/mol. The van der Waals surface area contributed by atoms with Gasteiger partial charge in [-0.15, -0.1) is 11.3 Å². The molecule has 0 unspecified atom stereocenters. The zero-order chi connectivity index (χ0) is 18.5. The molecule has 3 rings (SSSR count). The van der Waals surface area contributed by atoms with Crippen LogP contribution in [-0.4, -0.2) is 22.7 Å². The van der Waals surface area contributed by atoms with Crippen LogP contribution < -0.4 is 9.84 Å². The van der Waals surface area contributed by atoms with E-state index in [1.165, 1.54) is 6.07 Å². The Morgan fingerprint density at radius 2 is 2.00 bits per heavy atom. The maximum absolute atomic E-state index is 11.7. The smallest absolute Gasteiger partial charge is 0.348 e. The van der Waals surface area contributed by atoms with E-state index in [1.807, 2.05) is 37.3 Å². The lowest BCUT2D eigenvalue weighted by molar-refractivity contribution is -0.270. The molecule has 132 valence electrons. The Kier molecular flexibility index (Phi) is 5.34. The van der Waals surface area contributed by atoms with Crippen LogP contribution in [0.2, 0.25) is 0 Å². The molecule has 2 aromatic carbocycles. The molecule has 0 spiro atoms. The van der Waals surface area contributed by atoms with Gasteiger partial charge in [0, 0.05) is 5.56 Å². The second-order valence-electron chi connectivity index (χ2n) is 5.37. The van der Waals surface area contributed by atoms with E-state index in [1.54, 1.807) is 24.3 Å². The van der Waals surface area contributed by atoms with Gasteiger partial charge in [0.1, 0.15) is 15.6 Å². The maximum atomic E-state index is 11.7. The van der Waals surface area contributed by atoms with E-state index < -0.39 is 5.97 Å². The molecule has 0 fully saturated rings. The van der Waals surface area contributed by atoms with Gasteiger partial charge in [0.05, 0.1) is 12.3 Å². The third-order valence-electron chi connectivity index (χ3n) is 3.57. The van der Waals surface area contributed by atoms with E-state index in [9.17, 15) is 15.0 Å². The fraction of sp³-hybridized carbons (Fsp3) is 0.100. The minimum atomic E-state index is -1.00. The first-order chi connectivity index (χ1) is 12.6. The minimum Gasteiger partial charge on any atom is -0.870 e. The Balaban J connectivity index is 1.92. The summed E-state index contributed by atoms with van der Waals surface area (Å²) in [5.74, 6) is -0.877. The number of hydrogen-bond acceptors (Lipinski definition) is 5. The third kappa shape index (κ3) is 3.92. The van der Waals surface area contributed by atoms with Crippen LogP contribution >= 0.6 is 11.3 Å². The van der Waals surface area contributed by atoms with Crippen molar-refractivity contribution in [2.24, 2.45) is 0 Å². The van der Waals surface area contributed by atoms with Crippen molar-refractivity contribution in [2.75, 3.05) is 6.61 Å². The standard InChI is InChI=1S/C20H17NO4S/c1-2-25-16-12-13(8-10-15(16)22)9-11-17-21-18(19(26-17)20(23)24)14-6-4-3-5-7-14/h3-12,22H,2H2,1H3,(H,23,24)/p-1/b11-9+. The highest BCUT2D eigenvalue weighted by Gasteiger charge is 2.17. The summed E-state index contributed by atoms with van der Waals surface area (Å²) in [6.45, 7) is 2.23. The number of carbonyl (C=O) groups is 1. The second-order valence-corrected chi connectivity index (χ2v) is 6.40. The summed E-state index contributed by atoms with van der Waals surface area (Å²) in [5.41, 5.74) is 1.99. The molecule has 0 amide bonds. The number of hydrogen-bond donors (Lipinski definition) is 1. The molecule has 1 N–H and O–H groups in total. The van der Waals surface area contributed by atoms with Crippen molar-refractivity contribution in [3.63, 3.8) is 0 Å². The van der Waals surface area contributed by atoms with Gasteiger partial charge in [0.2, 0.25) is 0 Å². The van der Waals surface area contributed by atoms with Crippen LogP contribution in [0.5, 0.6) is 11.5 Å². The summed E-state index contributed by atoms with van der Waals surface area (Å²) in [6, 6.07) is 14.0. The fourth-order valence-electron chi connectivity index (χ4n) is 2.41. The number of carboxylic acids is 1. The molecule has 0 saturated heterocycles. The average molecular weight is 366 g/mol. The Morgan fingerprint density at radius 1 is 1.23 bits per heavy atom. The van der Waals surface area contributed by atoms with Gasteiger partial charge in [-0.3, -0.25) is 0 Å². The highest BCUT2D eigenvalue weighted by molar-refractivity contribution is 7.15. The number of aromatic nitrogens is 1. The van der Waals surface area contributed by atoms with Crippen LogP contribution in [0.3, 0.4) is 0 Å². The largest absolute Gasteiger partial charge is 0.870 e. The van der Waals surface area contributed by atoms with Gasteiger partial charge in [-0.2, -0.15) is 0 Å². The molecule has 0 atom stereocenters. The molecule has 26 heavy (non-hydrogen) atoms. The van der Waals surface area contributed by atoms with Crippen LogP contribution in [-0.2, 0) is 0 Å². The molecule has 1 aromatic heterocycles. The lowest BCUT2D eigenvalue weighted by Gasteiger charge is -2.13. The molecule has 5 nitrogen and oxygen atoms in total. The molecule has 0 radical (unpaired) electrons. The first kappa shape index (κ1) is 17.7. The predicted molar refractivity (Wildman–Crippen MR) is 100 cm³/mol. The number of nitrogens with zero attached hydrogens (tertiary/aromatic N) is 1. The molecule has 1 heterocycles. The molecule has 0 bridgehead atoms. The van der Waals surface area contributed by atoms with Gasteiger partial charge in [-0.05, 0) is 24.6 Å². The van der Waals surface area contributed by atoms with Crippen molar-refractivity contribution in [3.8, 4) is 22.8 Å². The number of ether oxygens (including phenoxy) is 1. The van der Waals surface area contributed by atoms with Gasteiger partial charge in [0.25, 0.3) is 0 Å². The van der Waals surface area contributed by atoms with Crippen molar-refractivity contribution in [2.45, 2.75) is 6.92 Å². The monoisotopic (exact) mass is 366 g/mol. The molecule has 0 aliphatic rings. The van der Waals surface area contributed by atoms with E-state index in [-0.39, 0.29) is 10.6 Å². The van der Waals surface area contributed by atoms with Gasteiger partial charge < -0.3 is 14.9 Å². The molecule has 0 aliphatic carbocycles. The Labute approximate surface area is 154 Å². The van der Waals surface area contributed by atoms with Crippen molar-refractivity contribution in [1.29, 1.82) is 0 Å². The lowest BCUT2D eigenvalue weighted by atomic mass is 10.1. The van der Waals surface area contributed by atoms with Gasteiger partial charge in [-0.1, -0.05) is 54.3 Å². The Morgan fingerprint density at radius 3 is 2.69 bits per heavy atom. The first-order valence-corrected chi connectivity index (χ1v) is 8.81. The minimum absolute atomic E-state index is 0.169. The van der Waals surface area contributed by atoms with Crippen molar-refractivity contribution >= 4 is 29.5 Å². The van der Waals surface area contributed by atoms with E-state index in [0.29, 0.717) is 23.1 Å². The quantitative estimate of drug-likeness (QED) is 0.708. The highest BCUT2D eigenvalue weighted by Crippen LogP contribution is 2.30. The van der Waals surface area contributed by atoms with Crippen LogP contribution in [0.15, 0.2) is 48.5 Å². The number of benzene rings is 2. The number of aromatic carboxylic acids is 1. The normalized spacial score (nSPS) is 11.0. The van der Waals surface area contributed by atoms with Gasteiger partial charge in [0.15, 0.2) is 0 Å².